The van der Waals surface area contributed by atoms with Gasteiger partial charge in [0.2, 0.25) is 24.3 Å². The molecule has 15 heteroatoms. The van der Waals surface area contributed by atoms with Crippen LogP contribution >= 0.6 is 11.8 Å². The zero-order chi connectivity index (χ0) is 36.7. The fourth-order valence-electron chi connectivity index (χ4n) is 7.16. The van der Waals surface area contributed by atoms with Crippen LogP contribution in [0.3, 0.4) is 0 Å². The SMILES string of the molecule is COc1cc([C@@H]2c3cc4c(cc3[C@@H](Nc3ccc(NC(=O)CCn5c(O)cc(SC[C@@H](C)N)c5O)cc3)[C@H]3COC(=O)[C@H]23)OCO4)cc(OC)c1O. The number of aromatic nitrogens is 1. The molecule has 2 aliphatic heterocycles. The number of nitrogens with two attached hydrogens (primary N) is 1. The van der Waals surface area contributed by atoms with Crippen LogP contribution in [0.4, 0.5) is 11.4 Å². The van der Waals surface area contributed by atoms with Gasteiger partial charge in [-0.2, -0.15) is 0 Å². The number of ether oxygens (including phenoxy) is 5. The number of rotatable bonds is 12. The summed E-state index contributed by atoms with van der Waals surface area (Å²) in [6, 6.07) is 15.5. The topological polar surface area (TPSA) is 196 Å². The highest BCUT2D eigenvalue weighted by Crippen LogP contribution is 2.56. The van der Waals surface area contributed by atoms with E-state index in [0.717, 1.165) is 16.8 Å². The van der Waals surface area contributed by atoms with Gasteiger partial charge < -0.3 is 55.4 Å². The highest BCUT2D eigenvalue weighted by molar-refractivity contribution is 7.99. The van der Waals surface area contributed by atoms with Gasteiger partial charge in [0, 0.05) is 54.0 Å². The summed E-state index contributed by atoms with van der Waals surface area (Å²) in [5.74, 6) is -0.193. The molecule has 4 aromatic rings. The minimum atomic E-state index is -0.582. The first-order valence-corrected chi connectivity index (χ1v) is 17.8. The van der Waals surface area contributed by atoms with Crippen LogP contribution in [0.1, 0.15) is 42.0 Å². The van der Waals surface area contributed by atoms with Crippen LogP contribution in [0, 0.1) is 11.8 Å². The highest BCUT2D eigenvalue weighted by Gasteiger charge is 2.52. The summed E-state index contributed by atoms with van der Waals surface area (Å²) in [6.07, 6.45) is 0.0131. The number of carbonyl (C=O) groups excluding carboxylic acids is 2. The number of hydrogen-bond acceptors (Lipinski definition) is 13. The van der Waals surface area contributed by atoms with E-state index >= 15 is 0 Å². The Kier molecular flexibility index (Phi) is 9.63. The van der Waals surface area contributed by atoms with Gasteiger partial charge in [0.15, 0.2) is 28.9 Å². The largest absolute Gasteiger partial charge is 0.502 e. The Bertz CT molecular complexity index is 1970. The monoisotopic (exact) mass is 732 g/mol. The Labute approximate surface area is 303 Å². The Balaban J connectivity index is 1.11. The summed E-state index contributed by atoms with van der Waals surface area (Å²) in [5.41, 5.74) is 9.55. The number of aromatic hydroxyl groups is 3. The summed E-state index contributed by atoms with van der Waals surface area (Å²) in [7, 11) is 2.91. The summed E-state index contributed by atoms with van der Waals surface area (Å²) in [4.78, 5) is 26.8. The summed E-state index contributed by atoms with van der Waals surface area (Å²) >= 11 is 1.33. The molecule has 1 aromatic heterocycles. The van der Waals surface area contributed by atoms with Gasteiger partial charge in [-0.05, 0) is 72.1 Å². The number of carbonyl (C=O) groups is 2. The van der Waals surface area contributed by atoms with Crippen molar-refractivity contribution in [3.63, 3.8) is 0 Å². The number of thioether (sulfide) groups is 1. The van der Waals surface area contributed by atoms with Gasteiger partial charge in [-0.15, -0.1) is 11.8 Å². The number of amides is 1. The fourth-order valence-corrected chi connectivity index (χ4v) is 8.03. The molecule has 3 aliphatic rings. The predicted molar refractivity (Wildman–Crippen MR) is 192 cm³/mol. The molecule has 274 valence electrons. The van der Waals surface area contributed by atoms with Crippen molar-refractivity contribution >= 4 is 35.0 Å². The third kappa shape index (κ3) is 6.57. The lowest BCUT2D eigenvalue weighted by atomic mass is 9.65. The standard InChI is InChI=1S/C37H40N4O10S/c1-18(38)16-52-29-14-31(43)41(36(29)45)9-8-30(42)39-20-4-6-21(7-5-20)40-34-23-13-26-25(50-17-51-26)12-22(23)32(33-24(34)15-49-37(33)46)19-10-27(47-2)35(44)28(11-19)48-3/h4-7,10-14,18,24,32-34,40,43-45H,8-9,15-17,38H2,1-3H3,(H,39,42)/t18-,24+,32-,33+,34-/m1/s1. The van der Waals surface area contributed by atoms with Crippen LogP contribution in [-0.2, 0) is 20.9 Å². The van der Waals surface area contributed by atoms with Gasteiger partial charge in [-0.1, -0.05) is 0 Å². The second kappa shape index (κ2) is 14.3. The van der Waals surface area contributed by atoms with E-state index in [1.165, 1.54) is 36.6 Å². The molecule has 0 saturated carbocycles. The van der Waals surface area contributed by atoms with Crippen molar-refractivity contribution in [1.82, 2.24) is 4.57 Å². The molecular formula is C37H40N4O10S. The van der Waals surface area contributed by atoms with E-state index in [9.17, 15) is 24.9 Å². The molecule has 0 unspecified atom stereocenters. The lowest BCUT2D eigenvalue weighted by Gasteiger charge is -2.40. The maximum absolute atomic E-state index is 13.5. The normalized spacial score (nSPS) is 20.4. The van der Waals surface area contributed by atoms with Crippen LogP contribution in [0.2, 0.25) is 0 Å². The van der Waals surface area contributed by atoms with Gasteiger partial charge in [0.25, 0.3) is 0 Å². The van der Waals surface area contributed by atoms with Crippen LogP contribution in [0.15, 0.2) is 59.5 Å². The molecule has 3 heterocycles. The Morgan fingerprint density at radius 2 is 1.63 bits per heavy atom. The smallest absolute Gasteiger partial charge is 0.310 e. The molecule has 0 radical (unpaired) electrons. The molecule has 1 fully saturated rings. The van der Waals surface area contributed by atoms with Crippen molar-refractivity contribution in [2.45, 2.75) is 42.8 Å². The van der Waals surface area contributed by atoms with E-state index < -0.39 is 11.8 Å². The molecule has 0 spiro atoms. The third-order valence-corrected chi connectivity index (χ3v) is 10.9. The summed E-state index contributed by atoms with van der Waals surface area (Å²) in [5, 5.41) is 38.0. The lowest BCUT2D eigenvalue weighted by Crippen LogP contribution is -2.37. The number of nitrogens with one attached hydrogen (secondary N) is 2. The Morgan fingerprint density at radius 3 is 2.29 bits per heavy atom. The van der Waals surface area contributed by atoms with Crippen LogP contribution in [-0.4, -0.2) is 71.2 Å². The Hall–Kier alpha value is -5.41. The molecule has 3 aromatic carbocycles. The van der Waals surface area contributed by atoms with Gasteiger partial charge in [-0.25, -0.2) is 0 Å². The number of cyclic esters (lactones) is 1. The number of esters is 1. The number of nitrogens with zero attached hydrogens (tertiary/aromatic N) is 1. The number of benzene rings is 3. The first-order valence-electron chi connectivity index (χ1n) is 16.8. The van der Waals surface area contributed by atoms with E-state index in [-0.39, 0.29) is 85.3 Å². The minimum Gasteiger partial charge on any atom is -0.502 e. The van der Waals surface area contributed by atoms with Crippen molar-refractivity contribution < 1.29 is 48.6 Å². The second-order valence-corrected chi connectivity index (χ2v) is 14.1. The average Bonchev–Trinajstić information content (AvgIpc) is 3.83. The molecule has 1 saturated heterocycles. The number of phenolic OH excluding ortho intramolecular Hbond substituents is 1. The predicted octanol–water partition coefficient (Wildman–Crippen LogP) is 4.91. The van der Waals surface area contributed by atoms with E-state index in [4.69, 9.17) is 29.4 Å². The van der Waals surface area contributed by atoms with Crippen LogP contribution in [0.5, 0.6) is 40.5 Å². The minimum absolute atomic E-state index is 0.0131. The van der Waals surface area contributed by atoms with E-state index in [0.29, 0.717) is 33.4 Å². The molecule has 1 aliphatic carbocycles. The number of methoxy groups -OCH3 is 2. The average molecular weight is 733 g/mol. The molecule has 5 atom stereocenters. The van der Waals surface area contributed by atoms with E-state index in [2.05, 4.69) is 10.6 Å². The third-order valence-electron chi connectivity index (χ3n) is 9.62. The molecular weight excluding hydrogens is 692 g/mol. The number of hydrogen-bond donors (Lipinski definition) is 6. The van der Waals surface area contributed by atoms with Crippen molar-refractivity contribution in [2.24, 2.45) is 17.6 Å². The number of fused-ring (bicyclic) bond motifs is 3. The number of phenols is 1. The van der Waals surface area contributed by atoms with Gasteiger partial charge in [0.05, 0.1) is 37.7 Å². The highest BCUT2D eigenvalue weighted by atomic mass is 32.2. The fraction of sp³-hybridized carbons (Fsp3) is 0.351. The second-order valence-electron chi connectivity index (χ2n) is 13.0. The van der Waals surface area contributed by atoms with Gasteiger partial charge in [0.1, 0.15) is 0 Å². The van der Waals surface area contributed by atoms with E-state index in [1.807, 2.05) is 31.2 Å². The van der Waals surface area contributed by atoms with Crippen molar-refractivity contribution in [3.8, 4) is 40.5 Å². The zero-order valence-electron chi connectivity index (χ0n) is 28.8. The zero-order valence-corrected chi connectivity index (χ0v) is 29.6. The molecule has 0 bridgehead atoms. The van der Waals surface area contributed by atoms with Gasteiger partial charge in [-0.3, -0.25) is 14.2 Å². The van der Waals surface area contributed by atoms with E-state index in [1.54, 1.807) is 24.3 Å². The summed E-state index contributed by atoms with van der Waals surface area (Å²) < 4.78 is 29.4. The first kappa shape index (κ1) is 35.0. The van der Waals surface area contributed by atoms with Crippen molar-refractivity contribution in [2.75, 3.05) is 44.0 Å². The molecule has 7 N–H and O–H groups in total. The molecule has 14 nitrogen and oxygen atoms in total. The van der Waals surface area contributed by atoms with Crippen molar-refractivity contribution in [1.29, 1.82) is 0 Å². The molecule has 7 rings (SSSR count). The Morgan fingerprint density at radius 1 is 0.981 bits per heavy atom. The lowest BCUT2D eigenvalue weighted by molar-refractivity contribution is -0.141. The van der Waals surface area contributed by atoms with Gasteiger partial charge >= 0.3 is 5.97 Å². The summed E-state index contributed by atoms with van der Waals surface area (Å²) in [6.45, 7) is 2.19. The van der Waals surface area contributed by atoms with Crippen LogP contribution < -0.4 is 35.3 Å². The number of anilines is 2. The maximum atomic E-state index is 13.5. The quantitative estimate of drug-likeness (QED) is 0.0851. The van der Waals surface area contributed by atoms with Crippen LogP contribution in [0.25, 0.3) is 0 Å². The molecule has 52 heavy (non-hydrogen) atoms. The maximum Gasteiger partial charge on any atom is 0.310 e. The first-order chi connectivity index (χ1) is 25.1. The van der Waals surface area contributed by atoms with Crippen molar-refractivity contribution in [3.05, 3.63) is 71.3 Å². The molecule has 1 amide bonds.